The molecule has 0 spiro atoms. The molecule has 0 radical (unpaired) electrons. The first-order chi connectivity index (χ1) is 9.50. The smallest absolute Gasteiger partial charge is 0.303 e. The van der Waals surface area contributed by atoms with E-state index in [1.165, 1.54) is 0 Å². The van der Waals surface area contributed by atoms with E-state index in [0.717, 1.165) is 31.2 Å². The minimum Gasteiger partial charge on any atom is -0.507 e. The average molecular weight is 278 g/mol. The number of rotatable bonds is 9. The first-order valence-electron chi connectivity index (χ1n) is 7.05. The highest BCUT2D eigenvalue weighted by Gasteiger charge is 2.10. The zero-order valence-electron chi connectivity index (χ0n) is 11.9. The molecule has 1 aromatic rings. The number of hydrogen-bond acceptors (Lipinski definition) is 3. The van der Waals surface area contributed by atoms with Crippen molar-refractivity contribution in [2.75, 3.05) is 0 Å². The largest absolute Gasteiger partial charge is 0.507 e. The van der Waals surface area contributed by atoms with Crippen LogP contribution in [0.3, 0.4) is 0 Å². The Morgan fingerprint density at radius 1 is 1.00 bits per heavy atom. The molecule has 0 aliphatic carbocycles. The summed E-state index contributed by atoms with van der Waals surface area (Å²) in [6.07, 6.45) is 4.86. The van der Waals surface area contributed by atoms with Crippen LogP contribution < -0.4 is 0 Å². The third kappa shape index (κ3) is 5.87. The second kappa shape index (κ2) is 8.35. The number of carbonyl (C=O) groups is 2. The topological polar surface area (TPSA) is 74.6 Å². The summed E-state index contributed by atoms with van der Waals surface area (Å²) in [5.74, 6) is -0.742. The van der Waals surface area contributed by atoms with Crippen molar-refractivity contribution < 1.29 is 19.8 Å². The first kappa shape index (κ1) is 16.2. The lowest BCUT2D eigenvalue weighted by Crippen LogP contribution is -2.00. The number of aliphatic carboxylic acids is 1. The predicted molar refractivity (Wildman–Crippen MR) is 77.1 cm³/mol. The number of benzene rings is 1. The Labute approximate surface area is 119 Å². The van der Waals surface area contributed by atoms with Gasteiger partial charge in [-0.25, -0.2) is 0 Å². The monoisotopic (exact) mass is 278 g/mol. The number of aryl methyl sites for hydroxylation is 1. The number of phenols is 1. The molecule has 0 saturated carbocycles. The lowest BCUT2D eigenvalue weighted by atomic mass is 10.0. The molecule has 4 nitrogen and oxygen atoms in total. The van der Waals surface area contributed by atoms with E-state index in [-0.39, 0.29) is 18.0 Å². The summed E-state index contributed by atoms with van der Waals surface area (Å²) in [5, 5.41) is 18.1. The Bertz CT molecular complexity index is 466. The molecular formula is C16H22O4. The Kier molecular flexibility index (Phi) is 6.77. The van der Waals surface area contributed by atoms with E-state index < -0.39 is 5.97 Å². The normalized spacial score (nSPS) is 10.4. The summed E-state index contributed by atoms with van der Waals surface area (Å²) in [5.41, 5.74) is 1.36. The molecule has 0 aliphatic heterocycles. The molecule has 0 aliphatic rings. The molecule has 2 N–H and O–H groups in total. The van der Waals surface area contributed by atoms with Crippen molar-refractivity contribution in [2.45, 2.75) is 51.9 Å². The van der Waals surface area contributed by atoms with Crippen LogP contribution in [0.25, 0.3) is 0 Å². The highest BCUT2D eigenvalue weighted by Crippen LogP contribution is 2.21. The molecule has 110 valence electrons. The fourth-order valence-corrected chi connectivity index (χ4v) is 2.10. The number of hydrogen-bond donors (Lipinski definition) is 2. The van der Waals surface area contributed by atoms with Gasteiger partial charge in [-0.15, -0.1) is 0 Å². The van der Waals surface area contributed by atoms with Crippen molar-refractivity contribution in [3.63, 3.8) is 0 Å². The molecule has 4 heteroatoms. The predicted octanol–water partition coefficient (Wildman–Crippen LogP) is 3.70. The lowest BCUT2D eigenvalue weighted by Gasteiger charge is -2.05. The first-order valence-corrected chi connectivity index (χ1v) is 7.05. The van der Waals surface area contributed by atoms with Gasteiger partial charge in [-0.05, 0) is 31.9 Å². The molecule has 0 heterocycles. The molecule has 0 saturated heterocycles. The summed E-state index contributed by atoms with van der Waals surface area (Å²) in [7, 11) is 0. The standard InChI is InChI=1S/C16H22O4/c1-12-9-10-15(18)13(11-12)14(17)7-5-3-2-4-6-8-16(19)20/h9-11,18H,2-8H2,1H3,(H,19,20). The van der Waals surface area contributed by atoms with Gasteiger partial charge in [0.05, 0.1) is 5.56 Å². The molecule has 1 aromatic carbocycles. The molecule has 0 fully saturated rings. The van der Waals surface area contributed by atoms with Crippen LogP contribution >= 0.6 is 0 Å². The molecule has 0 aromatic heterocycles. The maximum atomic E-state index is 12.0. The highest BCUT2D eigenvalue weighted by molar-refractivity contribution is 5.98. The van der Waals surface area contributed by atoms with Crippen molar-refractivity contribution in [1.82, 2.24) is 0 Å². The van der Waals surface area contributed by atoms with Gasteiger partial charge in [0, 0.05) is 12.8 Å². The number of Topliss-reactive ketones (excluding diaryl/α,β-unsaturated/α-hetero) is 1. The van der Waals surface area contributed by atoms with E-state index in [2.05, 4.69) is 0 Å². The van der Waals surface area contributed by atoms with Crippen molar-refractivity contribution >= 4 is 11.8 Å². The maximum absolute atomic E-state index is 12.0. The zero-order chi connectivity index (χ0) is 15.0. The van der Waals surface area contributed by atoms with Gasteiger partial charge in [0.15, 0.2) is 5.78 Å². The van der Waals surface area contributed by atoms with Crippen LogP contribution in [0.5, 0.6) is 5.75 Å². The molecular weight excluding hydrogens is 256 g/mol. The van der Waals surface area contributed by atoms with Gasteiger partial charge in [-0.3, -0.25) is 9.59 Å². The zero-order valence-corrected chi connectivity index (χ0v) is 11.9. The van der Waals surface area contributed by atoms with Crippen LogP contribution in [0.15, 0.2) is 18.2 Å². The van der Waals surface area contributed by atoms with E-state index in [0.29, 0.717) is 18.4 Å². The van der Waals surface area contributed by atoms with Crippen molar-refractivity contribution in [3.8, 4) is 5.75 Å². The Morgan fingerprint density at radius 2 is 1.60 bits per heavy atom. The third-order valence-electron chi connectivity index (χ3n) is 3.25. The Hall–Kier alpha value is -1.84. The van der Waals surface area contributed by atoms with Crippen LogP contribution in [-0.4, -0.2) is 22.0 Å². The summed E-state index contributed by atoms with van der Waals surface area (Å²) in [6, 6.07) is 5.04. The molecule has 0 unspecified atom stereocenters. The molecule has 0 bridgehead atoms. The van der Waals surface area contributed by atoms with Crippen LogP contribution in [0.2, 0.25) is 0 Å². The van der Waals surface area contributed by atoms with E-state index >= 15 is 0 Å². The Balaban J connectivity index is 2.23. The Morgan fingerprint density at radius 3 is 2.25 bits per heavy atom. The summed E-state index contributed by atoms with van der Waals surface area (Å²) < 4.78 is 0. The number of ketones is 1. The van der Waals surface area contributed by atoms with Crippen LogP contribution in [-0.2, 0) is 4.79 Å². The number of carboxylic acid groups (broad SMARTS) is 1. The molecule has 20 heavy (non-hydrogen) atoms. The fraction of sp³-hybridized carbons (Fsp3) is 0.500. The van der Waals surface area contributed by atoms with Gasteiger partial charge < -0.3 is 10.2 Å². The van der Waals surface area contributed by atoms with Gasteiger partial charge in [-0.2, -0.15) is 0 Å². The maximum Gasteiger partial charge on any atom is 0.303 e. The van der Waals surface area contributed by atoms with Crippen molar-refractivity contribution in [2.24, 2.45) is 0 Å². The van der Waals surface area contributed by atoms with Crippen LogP contribution in [0.1, 0.15) is 60.9 Å². The number of aromatic hydroxyl groups is 1. The second-order valence-electron chi connectivity index (χ2n) is 5.11. The van der Waals surface area contributed by atoms with Gasteiger partial charge >= 0.3 is 5.97 Å². The van der Waals surface area contributed by atoms with E-state index in [9.17, 15) is 14.7 Å². The minimum absolute atomic E-state index is 0.0308. The number of carbonyl (C=O) groups excluding carboxylic acids is 1. The van der Waals surface area contributed by atoms with Crippen LogP contribution in [0, 0.1) is 6.92 Å². The summed E-state index contributed by atoms with van der Waals surface area (Å²) in [6.45, 7) is 1.89. The van der Waals surface area contributed by atoms with Gasteiger partial charge in [0.25, 0.3) is 0 Å². The SMILES string of the molecule is Cc1ccc(O)c(C(=O)CCCCCCCC(=O)O)c1. The second-order valence-corrected chi connectivity index (χ2v) is 5.11. The van der Waals surface area contributed by atoms with Gasteiger partial charge in [-0.1, -0.05) is 30.9 Å². The van der Waals surface area contributed by atoms with Gasteiger partial charge in [0.1, 0.15) is 5.75 Å². The van der Waals surface area contributed by atoms with E-state index in [4.69, 9.17) is 5.11 Å². The number of unbranched alkanes of at least 4 members (excludes halogenated alkanes) is 4. The highest BCUT2D eigenvalue weighted by atomic mass is 16.4. The molecule has 0 amide bonds. The van der Waals surface area contributed by atoms with Crippen molar-refractivity contribution in [1.29, 1.82) is 0 Å². The quantitative estimate of drug-likeness (QED) is 0.533. The van der Waals surface area contributed by atoms with Gasteiger partial charge in [0.2, 0.25) is 0 Å². The molecule has 1 rings (SSSR count). The third-order valence-corrected chi connectivity index (χ3v) is 3.25. The number of phenolic OH excluding ortho intramolecular Hbond substituents is 1. The average Bonchev–Trinajstić information content (AvgIpc) is 2.39. The number of carboxylic acids is 1. The van der Waals surface area contributed by atoms with E-state index in [1.54, 1.807) is 18.2 Å². The van der Waals surface area contributed by atoms with Crippen molar-refractivity contribution in [3.05, 3.63) is 29.3 Å². The fourth-order valence-electron chi connectivity index (χ4n) is 2.10. The van der Waals surface area contributed by atoms with E-state index in [1.807, 2.05) is 6.92 Å². The minimum atomic E-state index is -0.755. The summed E-state index contributed by atoms with van der Waals surface area (Å²) in [4.78, 5) is 22.3. The summed E-state index contributed by atoms with van der Waals surface area (Å²) >= 11 is 0. The lowest BCUT2D eigenvalue weighted by molar-refractivity contribution is -0.137. The van der Waals surface area contributed by atoms with Crippen LogP contribution in [0.4, 0.5) is 0 Å². The molecule has 0 atom stereocenters.